The van der Waals surface area contributed by atoms with Crippen molar-refractivity contribution in [3.63, 3.8) is 0 Å². The molecule has 41 heavy (non-hydrogen) atoms. The Hall–Kier alpha value is -4.91. The highest BCUT2D eigenvalue weighted by molar-refractivity contribution is 6.10. The average Bonchev–Trinajstić information content (AvgIpc) is 3.27. The van der Waals surface area contributed by atoms with Gasteiger partial charge in [0.2, 0.25) is 5.76 Å². The summed E-state index contributed by atoms with van der Waals surface area (Å²) in [5.74, 6) is 0.0871. The molecule has 4 aromatic carbocycles. The fraction of sp³-hybridized carbons (Fsp3) is 0.176. The molecule has 1 aliphatic rings. The Balaban J connectivity index is 1.51. The molecule has 0 aliphatic carbocycles. The molecule has 0 bridgehead atoms. The number of rotatable bonds is 7. The van der Waals surface area contributed by atoms with Crippen LogP contribution < -0.4 is 19.8 Å². The third-order valence-electron chi connectivity index (χ3n) is 7.41. The number of carbonyl (C=O) groups excluding carboxylic acids is 1. The minimum atomic E-state index is -0.826. The Kier molecular flexibility index (Phi) is 6.79. The number of ether oxygens (including phenoxy) is 2. The van der Waals surface area contributed by atoms with Crippen LogP contribution in [0.1, 0.15) is 51.3 Å². The maximum Gasteiger partial charge on any atom is 0.295 e. The number of benzene rings is 4. The molecule has 1 aliphatic heterocycles. The molecule has 6 nitrogen and oxygen atoms in total. The molecule has 0 saturated carbocycles. The lowest BCUT2D eigenvalue weighted by atomic mass is 9.97. The molecule has 1 amide bonds. The van der Waals surface area contributed by atoms with Gasteiger partial charge in [0, 0.05) is 5.69 Å². The molecular formula is C34H28FNO5. The molecule has 0 N–H and O–H groups in total. The zero-order valence-electron chi connectivity index (χ0n) is 22.9. The molecule has 2 heterocycles. The number of fused-ring (bicyclic) bond motifs is 2. The van der Waals surface area contributed by atoms with Crippen molar-refractivity contribution in [2.75, 3.05) is 11.5 Å². The summed E-state index contributed by atoms with van der Waals surface area (Å²) in [4.78, 5) is 29.4. The lowest BCUT2D eigenvalue weighted by molar-refractivity contribution is 0.0971. The van der Waals surface area contributed by atoms with E-state index in [0.717, 1.165) is 16.7 Å². The van der Waals surface area contributed by atoms with E-state index in [2.05, 4.69) is 0 Å². The quantitative estimate of drug-likeness (QED) is 0.213. The first-order valence-corrected chi connectivity index (χ1v) is 13.5. The van der Waals surface area contributed by atoms with E-state index in [1.807, 2.05) is 57.2 Å². The molecule has 0 fully saturated rings. The number of halogens is 1. The van der Waals surface area contributed by atoms with Crippen molar-refractivity contribution in [2.24, 2.45) is 0 Å². The summed E-state index contributed by atoms with van der Waals surface area (Å²) >= 11 is 0. The van der Waals surface area contributed by atoms with E-state index in [-0.39, 0.29) is 16.8 Å². The third kappa shape index (κ3) is 4.73. The number of hydrogen-bond donors (Lipinski definition) is 0. The van der Waals surface area contributed by atoms with Crippen molar-refractivity contribution in [3.05, 3.63) is 135 Å². The smallest absolute Gasteiger partial charge is 0.295 e. The lowest BCUT2D eigenvalue weighted by Gasteiger charge is -2.26. The van der Waals surface area contributed by atoms with Gasteiger partial charge >= 0.3 is 0 Å². The largest absolute Gasteiger partial charge is 0.490 e. The zero-order valence-corrected chi connectivity index (χ0v) is 22.9. The summed E-state index contributed by atoms with van der Waals surface area (Å²) in [6, 6.07) is 23.5. The molecular weight excluding hydrogens is 521 g/mol. The van der Waals surface area contributed by atoms with Crippen molar-refractivity contribution in [1.82, 2.24) is 0 Å². The van der Waals surface area contributed by atoms with Gasteiger partial charge in [-0.15, -0.1) is 0 Å². The first-order valence-electron chi connectivity index (χ1n) is 13.5. The molecule has 6 rings (SSSR count). The summed E-state index contributed by atoms with van der Waals surface area (Å²) in [7, 11) is 0. The van der Waals surface area contributed by atoms with Crippen LogP contribution in [-0.2, 0) is 6.61 Å². The molecule has 206 valence electrons. The van der Waals surface area contributed by atoms with Crippen molar-refractivity contribution < 1.29 is 23.1 Å². The first-order chi connectivity index (χ1) is 19.9. The van der Waals surface area contributed by atoms with Gasteiger partial charge < -0.3 is 13.9 Å². The summed E-state index contributed by atoms with van der Waals surface area (Å²) in [6.07, 6.45) is 0. The Morgan fingerprint density at radius 1 is 0.854 bits per heavy atom. The molecule has 0 spiro atoms. The van der Waals surface area contributed by atoms with Gasteiger partial charge in [0.15, 0.2) is 16.9 Å². The van der Waals surface area contributed by atoms with Crippen LogP contribution in [-0.4, -0.2) is 12.5 Å². The average molecular weight is 550 g/mol. The van der Waals surface area contributed by atoms with E-state index in [4.69, 9.17) is 13.9 Å². The highest BCUT2D eigenvalue weighted by Crippen LogP contribution is 2.43. The van der Waals surface area contributed by atoms with Crippen LogP contribution in [0.3, 0.4) is 0 Å². The third-order valence-corrected chi connectivity index (χ3v) is 7.41. The molecule has 5 aromatic rings. The molecule has 7 heteroatoms. The molecule has 0 saturated heterocycles. The van der Waals surface area contributed by atoms with Gasteiger partial charge in [-0.25, -0.2) is 4.39 Å². The van der Waals surface area contributed by atoms with Gasteiger partial charge in [-0.05, 0) is 91.6 Å². The number of hydrogen-bond acceptors (Lipinski definition) is 5. The van der Waals surface area contributed by atoms with Gasteiger partial charge in [0.25, 0.3) is 5.91 Å². The highest BCUT2D eigenvalue weighted by Gasteiger charge is 2.44. The van der Waals surface area contributed by atoms with Gasteiger partial charge in [0.05, 0.1) is 23.6 Å². The van der Waals surface area contributed by atoms with Crippen molar-refractivity contribution >= 4 is 22.6 Å². The molecule has 0 radical (unpaired) electrons. The summed E-state index contributed by atoms with van der Waals surface area (Å²) in [5, 5.41) is 0.401. The Morgan fingerprint density at radius 2 is 1.59 bits per heavy atom. The maximum atomic E-state index is 14.0. The first kappa shape index (κ1) is 26.3. The van der Waals surface area contributed by atoms with Crippen LogP contribution in [0.4, 0.5) is 10.1 Å². The minimum Gasteiger partial charge on any atom is -0.490 e. The van der Waals surface area contributed by atoms with Crippen LogP contribution in [0.15, 0.2) is 94.1 Å². The second-order valence-corrected chi connectivity index (χ2v) is 10.1. The van der Waals surface area contributed by atoms with Crippen molar-refractivity contribution in [2.45, 2.75) is 33.4 Å². The zero-order chi connectivity index (χ0) is 28.7. The molecule has 1 aromatic heterocycles. The van der Waals surface area contributed by atoms with Crippen LogP contribution in [0, 0.1) is 19.7 Å². The SMILES string of the molecule is CCOc1cc(C2c3c(oc4cc(C)c(C)cc4c3=O)C(=O)N2c2ccc(F)cc2)ccc1OCc1ccccc1. The Morgan fingerprint density at radius 3 is 2.32 bits per heavy atom. The van der Waals surface area contributed by atoms with Crippen LogP contribution in [0.25, 0.3) is 11.0 Å². The summed E-state index contributed by atoms with van der Waals surface area (Å²) in [5.41, 5.74) is 4.27. The highest BCUT2D eigenvalue weighted by atomic mass is 19.1. The number of aryl methyl sites for hydroxylation is 2. The fourth-order valence-electron chi connectivity index (χ4n) is 5.23. The van der Waals surface area contributed by atoms with Crippen LogP contribution in [0.5, 0.6) is 11.5 Å². The van der Waals surface area contributed by atoms with Crippen molar-refractivity contribution in [3.8, 4) is 11.5 Å². The van der Waals surface area contributed by atoms with Crippen molar-refractivity contribution in [1.29, 1.82) is 0 Å². The Bertz CT molecular complexity index is 1830. The second-order valence-electron chi connectivity index (χ2n) is 10.1. The van der Waals surface area contributed by atoms with E-state index in [1.54, 1.807) is 24.3 Å². The second kappa shape index (κ2) is 10.6. The number of amides is 1. The lowest BCUT2D eigenvalue weighted by Crippen LogP contribution is -2.29. The van der Waals surface area contributed by atoms with Gasteiger partial charge in [0.1, 0.15) is 18.0 Å². The topological polar surface area (TPSA) is 69.0 Å². The normalized spacial score (nSPS) is 14.4. The van der Waals surface area contributed by atoms with E-state index in [0.29, 0.717) is 46.9 Å². The number of nitrogens with zero attached hydrogens (tertiary/aromatic N) is 1. The van der Waals surface area contributed by atoms with Crippen LogP contribution in [0.2, 0.25) is 0 Å². The predicted molar refractivity (Wildman–Crippen MR) is 155 cm³/mol. The van der Waals surface area contributed by atoms with Crippen LogP contribution >= 0.6 is 0 Å². The standard InChI is InChI=1S/C34H28FNO5/c1-4-39-29-18-23(10-15-27(29)40-19-22-8-6-5-7-9-22)31-30-32(37)26-16-20(2)21(3)17-28(26)41-33(30)34(38)36(31)25-13-11-24(35)12-14-25/h5-18,31H,4,19H2,1-3H3. The summed E-state index contributed by atoms with van der Waals surface area (Å²) < 4.78 is 32.0. The Labute approximate surface area is 236 Å². The monoisotopic (exact) mass is 549 g/mol. The van der Waals surface area contributed by atoms with E-state index in [9.17, 15) is 14.0 Å². The van der Waals surface area contributed by atoms with Gasteiger partial charge in [-0.1, -0.05) is 36.4 Å². The molecule has 1 atom stereocenters. The van der Waals surface area contributed by atoms with E-state index < -0.39 is 17.8 Å². The van der Waals surface area contributed by atoms with Gasteiger partial charge in [-0.3, -0.25) is 14.5 Å². The van der Waals surface area contributed by atoms with E-state index >= 15 is 0 Å². The predicted octanol–water partition coefficient (Wildman–Crippen LogP) is 7.28. The number of anilines is 1. The number of carbonyl (C=O) groups is 1. The van der Waals surface area contributed by atoms with E-state index in [1.165, 1.54) is 29.2 Å². The summed E-state index contributed by atoms with van der Waals surface area (Å²) in [6.45, 7) is 6.46. The fourth-order valence-corrected chi connectivity index (χ4v) is 5.23. The maximum absolute atomic E-state index is 14.0. The van der Waals surface area contributed by atoms with Gasteiger partial charge in [-0.2, -0.15) is 0 Å². The molecule has 1 unspecified atom stereocenters. The minimum absolute atomic E-state index is 0.0255.